The molecule has 1 heterocycles. The van der Waals surface area contributed by atoms with E-state index in [1.807, 2.05) is 0 Å². The van der Waals surface area contributed by atoms with Crippen LogP contribution in [-0.2, 0) is 0 Å². The molecule has 19 heavy (non-hydrogen) atoms. The molecular formula is C9H6F5NO4. The Hall–Kier alpha value is -2.13. The average molecular weight is 287 g/mol. The molecule has 10 heteroatoms. The molecule has 5 nitrogen and oxygen atoms in total. The number of methoxy groups -OCH3 is 1. The van der Waals surface area contributed by atoms with Gasteiger partial charge in [0.05, 0.1) is 12.7 Å². The van der Waals surface area contributed by atoms with Gasteiger partial charge in [0.15, 0.2) is 11.4 Å². The van der Waals surface area contributed by atoms with Crippen LogP contribution >= 0.6 is 0 Å². The van der Waals surface area contributed by atoms with Crippen molar-refractivity contribution in [2.24, 2.45) is 0 Å². The first-order valence-electron chi connectivity index (χ1n) is 4.51. The Morgan fingerprint density at radius 1 is 1.42 bits per heavy atom. The first-order chi connectivity index (χ1) is 8.65. The highest BCUT2D eigenvalue weighted by molar-refractivity contribution is 5.89. The van der Waals surface area contributed by atoms with Gasteiger partial charge in [0.2, 0.25) is 5.88 Å². The molecule has 0 aliphatic heterocycles. The van der Waals surface area contributed by atoms with E-state index in [1.165, 1.54) is 0 Å². The number of carboxylic acid groups (broad SMARTS) is 1. The molecule has 0 fully saturated rings. The van der Waals surface area contributed by atoms with Crippen molar-refractivity contribution in [2.75, 3.05) is 7.11 Å². The van der Waals surface area contributed by atoms with E-state index < -0.39 is 41.6 Å². The number of carbonyl (C=O) groups is 1. The lowest BCUT2D eigenvalue weighted by Gasteiger charge is -2.14. The maximum absolute atomic E-state index is 12.6. The predicted octanol–water partition coefficient (Wildman–Crippen LogP) is 2.62. The monoisotopic (exact) mass is 287 g/mol. The van der Waals surface area contributed by atoms with Gasteiger partial charge in [0.25, 0.3) is 6.43 Å². The summed E-state index contributed by atoms with van der Waals surface area (Å²) in [5, 5.41) is 8.68. The second kappa shape index (κ2) is 5.24. The minimum atomic E-state index is -5.28. The summed E-state index contributed by atoms with van der Waals surface area (Å²) in [5.74, 6) is -3.87. The number of alkyl halides is 5. The molecule has 0 saturated heterocycles. The number of ether oxygens (including phenoxy) is 2. The van der Waals surface area contributed by atoms with E-state index in [0.29, 0.717) is 6.07 Å². The largest absolute Gasteiger partial charge is 0.574 e. The Morgan fingerprint density at radius 3 is 2.37 bits per heavy atom. The number of pyridine rings is 1. The van der Waals surface area contributed by atoms with E-state index in [9.17, 15) is 26.7 Å². The van der Waals surface area contributed by atoms with Crippen LogP contribution < -0.4 is 9.47 Å². The zero-order valence-corrected chi connectivity index (χ0v) is 9.16. The molecule has 106 valence electrons. The van der Waals surface area contributed by atoms with Crippen LogP contribution in [0.15, 0.2) is 6.07 Å². The Morgan fingerprint density at radius 2 is 2.00 bits per heavy atom. The van der Waals surface area contributed by atoms with E-state index in [2.05, 4.69) is 14.5 Å². The molecule has 0 aromatic carbocycles. The van der Waals surface area contributed by atoms with Crippen molar-refractivity contribution in [2.45, 2.75) is 12.8 Å². The highest BCUT2D eigenvalue weighted by Gasteiger charge is 2.35. The summed E-state index contributed by atoms with van der Waals surface area (Å²) in [6.07, 6.45) is -8.62. The fourth-order valence-electron chi connectivity index (χ4n) is 1.15. The van der Waals surface area contributed by atoms with Gasteiger partial charge >= 0.3 is 12.3 Å². The summed E-state index contributed by atoms with van der Waals surface area (Å²) in [5.41, 5.74) is -2.19. The second-order valence-corrected chi connectivity index (χ2v) is 3.09. The minimum Gasteiger partial charge on any atom is -0.494 e. The molecule has 0 spiro atoms. The molecule has 0 unspecified atom stereocenters. The molecule has 0 saturated carbocycles. The first-order valence-corrected chi connectivity index (χ1v) is 4.51. The van der Waals surface area contributed by atoms with Crippen LogP contribution in [0.25, 0.3) is 0 Å². The van der Waals surface area contributed by atoms with Gasteiger partial charge < -0.3 is 14.6 Å². The third-order valence-corrected chi connectivity index (χ3v) is 1.85. The van der Waals surface area contributed by atoms with Crippen molar-refractivity contribution >= 4 is 5.97 Å². The number of nitrogens with zero attached hydrogens (tertiary/aromatic N) is 1. The summed E-state index contributed by atoms with van der Waals surface area (Å²) in [7, 11) is 0.961. The highest BCUT2D eigenvalue weighted by Crippen LogP contribution is 2.35. The number of aromatic carboxylic acids is 1. The zero-order valence-electron chi connectivity index (χ0n) is 9.16. The standard InChI is InChI=1S/C9H6F5NO4/c1-18-4-2-3(6(10)11)7(19-9(12,13)14)15-5(4)8(16)17/h2,6H,1H3,(H,16,17). The first kappa shape index (κ1) is 14.9. The maximum Gasteiger partial charge on any atom is 0.574 e. The van der Waals surface area contributed by atoms with Gasteiger partial charge in [-0.3, -0.25) is 0 Å². The maximum atomic E-state index is 12.6. The third-order valence-electron chi connectivity index (χ3n) is 1.85. The Bertz CT molecular complexity index is 488. The van der Waals surface area contributed by atoms with E-state index in [0.717, 1.165) is 7.11 Å². The average Bonchev–Trinajstić information content (AvgIpc) is 2.25. The van der Waals surface area contributed by atoms with Gasteiger partial charge in [-0.25, -0.2) is 18.6 Å². The molecule has 0 atom stereocenters. The molecule has 0 amide bonds. The molecule has 0 aliphatic carbocycles. The van der Waals surface area contributed by atoms with Crippen LogP contribution in [0.1, 0.15) is 22.5 Å². The van der Waals surface area contributed by atoms with E-state index in [-0.39, 0.29) is 0 Å². The van der Waals surface area contributed by atoms with Crippen molar-refractivity contribution in [3.8, 4) is 11.6 Å². The van der Waals surface area contributed by atoms with Gasteiger partial charge in [0, 0.05) is 0 Å². The van der Waals surface area contributed by atoms with Crippen LogP contribution in [0.2, 0.25) is 0 Å². The number of rotatable bonds is 4. The normalized spacial score (nSPS) is 11.5. The van der Waals surface area contributed by atoms with Crippen molar-refractivity contribution in [3.63, 3.8) is 0 Å². The predicted molar refractivity (Wildman–Crippen MR) is 49.4 cm³/mol. The summed E-state index contributed by atoms with van der Waals surface area (Å²) < 4.78 is 68.9. The topological polar surface area (TPSA) is 68.7 Å². The summed E-state index contributed by atoms with van der Waals surface area (Å²) >= 11 is 0. The molecule has 0 bridgehead atoms. The van der Waals surface area contributed by atoms with Crippen molar-refractivity contribution in [3.05, 3.63) is 17.3 Å². The smallest absolute Gasteiger partial charge is 0.494 e. The van der Waals surface area contributed by atoms with E-state index >= 15 is 0 Å². The molecular weight excluding hydrogens is 281 g/mol. The van der Waals surface area contributed by atoms with Crippen LogP contribution in [0, 0.1) is 0 Å². The summed E-state index contributed by atoms with van der Waals surface area (Å²) in [6, 6.07) is 0.433. The lowest BCUT2D eigenvalue weighted by Crippen LogP contribution is -2.20. The fourth-order valence-corrected chi connectivity index (χ4v) is 1.15. The summed E-state index contributed by atoms with van der Waals surface area (Å²) in [4.78, 5) is 13.6. The van der Waals surface area contributed by atoms with Crippen LogP contribution in [0.5, 0.6) is 11.6 Å². The van der Waals surface area contributed by atoms with Crippen molar-refractivity contribution < 1.29 is 41.3 Å². The van der Waals surface area contributed by atoms with Crippen molar-refractivity contribution in [1.29, 1.82) is 0 Å². The molecule has 1 N–H and O–H groups in total. The van der Waals surface area contributed by atoms with Gasteiger partial charge in [-0.05, 0) is 6.07 Å². The van der Waals surface area contributed by atoms with Crippen LogP contribution in [0.3, 0.4) is 0 Å². The molecule has 1 aromatic heterocycles. The van der Waals surface area contributed by atoms with Gasteiger partial charge in [-0.15, -0.1) is 13.2 Å². The van der Waals surface area contributed by atoms with Crippen molar-refractivity contribution in [1.82, 2.24) is 4.98 Å². The number of hydrogen-bond donors (Lipinski definition) is 1. The van der Waals surface area contributed by atoms with E-state index in [4.69, 9.17) is 5.11 Å². The minimum absolute atomic E-state index is 0.433. The van der Waals surface area contributed by atoms with Gasteiger partial charge in [-0.1, -0.05) is 0 Å². The van der Waals surface area contributed by atoms with Gasteiger partial charge in [-0.2, -0.15) is 0 Å². The van der Waals surface area contributed by atoms with Crippen LogP contribution in [-0.4, -0.2) is 29.5 Å². The third kappa shape index (κ3) is 3.66. The Kier molecular flexibility index (Phi) is 4.12. The Labute approximate surface area is 102 Å². The molecule has 0 radical (unpaired) electrons. The molecule has 1 rings (SSSR count). The lowest BCUT2D eigenvalue weighted by atomic mass is 10.2. The number of aromatic nitrogens is 1. The SMILES string of the molecule is COc1cc(C(F)F)c(OC(F)(F)F)nc1C(=O)O. The second-order valence-electron chi connectivity index (χ2n) is 3.09. The quantitative estimate of drug-likeness (QED) is 0.862. The number of carboxylic acids is 1. The van der Waals surface area contributed by atoms with Gasteiger partial charge in [0.1, 0.15) is 0 Å². The van der Waals surface area contributed by atoms with E-state index in [1.54, 1.807) is 0 Å². The molecule has 1 aromatic rings. The zero-order chi connectivity index (χ0) is 14.8. The van der Waals surface area contributed by atoms with Crippen LogP contribution in [0.4, 0.5) is 22.0 Å². The molecule has 0 aliphatic rings. The number of hydrogen-bond acceptors (Lipinski definition) is 4. The fraction of sp³-hybridized carbons (Fsp3) is 0.333. The lowest BCUT2D eigenvalue weighted by molar-refractivity contribution is -0.276. The summed E-state index contributed by atoms with van der Waals surface area (Å²) in [6.45, 7) is 0. The highest BCUT2D eigenvalue weighted by atomic mass is 19.4. The Balaban J connectivity index is 3.41. The number of halogens is 5.